The summed E-state index contributed by atoms with van der Waals surface area (Å²) in [6.07, 6.45) is 5.64. The zero-order chi connectivity index (χ0) is 23.2. The average Bonchev–Trinajstić information content (AvgIpc) is 3.37. The van der Waals surface area contributed by atoms with Crippen molar-refractivity contribution in [3.05, 3.63) is 45.8 Å². The van der Waals surface area contributed by atoms with Crippen molar-refractivity contribution in [2.45, 2.75) is 30.8 Å². The number of rotatable bonds is 8. The summed E-state index contributed by atoms with van der Waals surface area (Å²) in [5.74, 6) is 6.78. The zero-order valence-electron chi connectivity index (χ0n) is 17.9. The monoisotopic (exact) mass is 482 g/mol. The summed E-state index contributed by atoms with van der Waals surface area (Å²) in [4.78, 5) is 13.7. The third-order valence-corrected chi connectivity index (χ3v) is 7.19. The highest BCUT2D eigenvalue weighted by molar-refractivity contribution is 7.99. The van der Waals surface area contributed by atoms with Crippen LogP contribution in [0.1, 0.15) is 34.4 Å². The number of amides is 1. The average molecular weight is 483 g/mol. The summed E-state index contributed by atoms with van der Waals surface area (Å²) in [5, 5.41) is 25.5. The highest BCUT2D eigenvalue weighted by Gasteiger charge is 2.22. The van der Waals surface area contributed by atoms with E-state index in [-0.39, 0.29) is 17.6 Å². The van der Waals surface area contributed by atoms with Crippen LogP contribution in [-0.2, 0) is 17.6 Å². The van der Waals surface area contributed by atoms with Gasteiger partial charge in [-0.25, -0.2) is 10.1 Å². The van der Waals surface area contributed by atoms with Crippen molar-refractivity contribution >= 4 is 46.2 Å². The van der Waals surface area contributed by atoms with Crippen LogP contribution in [0.2, 0.25) is 0 Å². The molecule has 1 amide bonds. The minimum atomic E-state index is -0.234. The highest BCUT2D eigenvalue weighted by atomic mass is 32.2. The van der Waals surface area contributed by atoms with Gasteiger partial charge in [-0.2, -0.15) is 10.4 Å². The molecule has 1 aromatic carbocycles. The van der Waals surface area contributed by atoms with Gasteiger partial charge in [0.05, 0.1) is 24.6 Å². The van der Waals surface area contributed by atoms with Crippen LogP contribution in [0.3, 0.4) is 0 Å². The number of nitrogens with two attached hydrogens (primary N) is 1. The van der Waals surface area contributed by atoms with Gasteiger partial charge >= 0.3 is 0 Å². The molecule has 170 valence electrons. The number of thioether (sulfide) groups is 1. The molecule has 0 radical (unpaired) electrons. The van der Waals surface area contributed by atoms with Gasteiger partial charge in [0, 0.05) is 10.4 Å². The van der Waals surface area contributed by atoms with Gasteiger partial charge in [-0.1, -0.05) is 23.9 Å². The third kappa shape index (κ3) is 5.10. The summed E-state index contributed by atoms with van der Waals surface area (Å²) in [5.41, 5.74) is 5.20. The summed E-state index contributed by atoms with van der Waals surface area (Å²) < 4.78 is 6.50. The minimum Gasteiger partial charge on any atom is -0.496 e. The van der Waals surface area contributed by atoms with E-state index in [4.69, 9.17) is 10.6 Å². The van der Waals surface area contributed by atoms with E-state index in [2.05, 4.69) is 32.1 Å². The maximum absolute atomic E-state index is 12.5. The van der Waals surface area contributed by atoms with Crippen LogP contribution in [0.25, 0.3) is 0 Å². The number of nitriles is 1. The Bertz CT molecular complexity index is 1230. The van der Waals surface area contributed by atoms with Crippen molar-refractivity contribution in [2.75, 3.05) is 29.4 Å². The first-order chi connectivity index (χ1) is 16.1. The van der Waals surface area contributed by atoms with Gasteiger partial charge in [-0.3, -0.25) is 4.79 Å². The number of hydrazone groups is 1. The quantitative estimate of drug-likeness (QED) is 0.192. The van der Waals surface area contributed by atoms with E-state index in [1.807, 2.05) is 24.3 Å². The number of anilines is 2. The first-order valence-corrected chi connectivity index (χ1v) is 12.0. The SMILES string of the molecule is COc1ccccc1/C=N/Nc1nnc(SCC(=O)Nc2sc3c(c2C#N)CCCC3)n1N. The molecular weight excluding hydrogens is 460 g/mol. The normalized spacial score (nSPS) is 12.8. The van der Waals surface area contributed by atoms with E-state index >= 15 is 0 Å². The molecule has 0 fully saturated rings. The maximum Gasteiger partial charge on any atom is 0.264 e. The van der Waals surface area contributed by atoms with E-state index in [1.165, 1.54) is 20.9 Å². The molecular formula is C21H22N8O2S2. The number of nitrogens with zero attached hydrogens (tertiary/aromatic N) is 5. The Balaban J connectivity index is 1.34. The molecule has 1 aliphatic carbocycles. The number of ether oxygens (including phenoxy) is 1. The molecule has 0 spiro atoms. The minimum absolute atomic E-state index is 0.0766. The largest absolute Gasteiger partial charge is 0.496 e. The lowest BCUT2D eigenvalue weighted by atomic mass is 9.96. The van der Waals surface area contributed by atoms with E-state index in [9.17, 15) is 10.1 Å². The Hall–Kier alpha value is -3.56. The van der Waals surface area contributed by atoms with Crippen LogP contribution in [0, 0.1) is 11.3 Å². The van der Waals surface area contributed by atoms with Crippen molar-refractivity contribution in [3.8, 4) is 11.8 Å². The topological polar surface area (TPSA) is 143 Å². The van der Waals surface area contributed by atoms with Crippen LogP contribution in [-0.4, -0.2) is 39.9 Å². The summed E-state index contributed by atoms with van der Waals surface area (Å²) in [6.45, 7) is 0. The molecule has 0 saturated heterocycles. The van der Waals surface area contributed by atoms with Gasteiger partial charge in [0.1, 0.15) is 16.8 Å². The molecule has 0 unspecified atom stereocenters. The number of carbonyl (C=O) groups excluding carboxylic acids is 1. The lowest BCUT2D eigenvalue weighted by molar-refractivity contribution is -0.113. The smallest absolute Gasteiger partial charge is 0.264 e. The van der Waals surface area contributed by atoms with Gasteiger partial charge in [-0.05, 0) is 43.4 Å². The molecule has 0 aliphatic heterocycles. The maximum atomic E-state index is 12.5. The molecule has 10 nitrogen and oxygen atoms in total. The van der Waals surface area contributed by atoms with Gasteiger partial charge in [0.15, 0.2) is 0 Å². The summed E-state index contributed by atoms with van der Waals surface area (Å²) in [6, 6.07) is 9.68. The van der Waals surface area contributed by atoms with Gasteiger partial charge in [0.2, 0.25) is 11.1 Å². The molecule has 4 rings (SSSR count). The lowest BCUT2D eigenvalue weighted by Gasteiger charge is -2.09. The predicted octanol–water partition coefficient (Wildman–Crippen LogP) is 2.99. The fraction of sp³-hybridized carbons (Fsp3) is 0.286. The van der Waals surface area contributed by atoms with Crippen LogP contribution in [0.15, 0.2) is 34.5 Å². The Morgan fingerprint density at radius 3 is 3.03 bits per heavy atom. The second kappa shape index (κ2) is 10.4. The molecule has 12 heteroatoms. The van der Waals surface area contributed by atoms with Crippen molar-refractivity contribution in [3.63, 3.8) is 0 Å². The zero-order valence-corrected chi connectivity index (χ0v) is 19.5. The van der Waals surface area contributed by atoms with Gasteiger partial charge in [0.25, 0.3) is 5.95 Å². The number of benzene rings is 1. The Morgan fingerprint density at radius 1 is 1.39 bits per heavy atom. The number of nitrogens with one attached hydrogen (secondary N) is 2. The first kappa shape index (κ1) is 22.6. The van der Waals surface area contributed by atoms with E-state index in [0.29, 0.717) is 21.5 Å². The summed E-state index contributed by atoms with van der Waals surface area (Å²) >= 11 is 2.64. The van der Waals surface area contributed by atoms with Crippen molar-refractivity contribution in [1.82, 2.24) is 14.9 Å². The molecule has 4 N–H and O–H groups in total. The van der Waals surface area contributed by atoms with E-state index < -0.39 is 0 Å². The fourth-order valence-corrected chi connectivity index (χ4v) is 5.36. The number of hydrogen-bond donors (Lipinski definition) is 3. The third-order valence-electron chi connectivity index (χ3n) is 5.04. The number of hydrogen-bond acceptors (Lipinski definition) is 10. The Morgan fingerprint density at radius 2 is 2.21 bits per heavy atom. The standard InChI is InChI=1S/C21H22N8O2S2/c1-31-16-8-4-2-6-13(16)11-24-26-20-27-28-21(29(20)23)32-12-18(30)25-19-15(10-22)14-7-3-5-9-17(14)33-19/h2,4,6,8,11H,3,5,7,9,12,23H2,1H3,(H,25,30)(H,26,27)/b24-11+. The number of nitrogen functional groups attached to an aromatic ring is 1. The number of aromatic nitrogens is 3. The predicted molar refractivity (Wildman–Crippen MR) is 129 cm³/mol. The molecule has 3 aromatic rings. The number of carbonyl (C=O) groups is 1. The molecule has 0 atom stereocenters. The second-order valence-corrected chi connectivity index (χ2v) is 9.20. The fourth-order valence-electron chi connectivity index (χ4n) is 3.45. The van der Waals surface area contributed by atoms with E-state index in [0.717, 1.165) is 48.6 Å². The Kier molecular flexibility index (Phi) is 7.11. The lowest BCUT2D eigenvalue weighted by Crippen LogP contribution is -2.17. The van der Waals surface area contributed by atoms with Crippen LogP contribution in [0.4, 0.5) is 10.9 Å². The Labute approximate surface area is 198 Å². The number of fused-ring (bicyclic) bond motifs is 1. The molecule has 0 saturated carbocycles. The van der Waals surface area contributed by atoms with Crippen LogP contribution >= 0.6 is 23.1 Å². The number of thiophene rings is 1. The van der Waals surface area contributed by atoms with Crippen molar-refractivity contribution in [1.29, 1.82) is 5.26 Å². The van der Waals surface area contributed by atoms with Crippen molar-refractivity contribution < 1.29 is 9.53 Å². The molecule has 1 aliphatic rings. The number of para-hydroxylation sites is 1. The molecule has 2 aromatic heterocycles. The van der Waals surface area contributed by atoms with Crippen LogP contribution in [0.5, 0.6) is 5.75 Å². The van der Waals surface area contributed by atoms with Gasteiger partial charge in [-0.15, -0.1) is 21.5 Å². The van der Waals surface area contributed by atoms with E-state index in [1.54, 1.807) is 13.3 Å². The molecule has 33 heavy (non-hydrogen) atoms. The summed E-state index contributed by atoms with van der Waals surface area (Å²) in [7, 11) is 1.59. The first-order valence-electron chi connectivity index (χ1n) is 10.2. The highest BCUT2D eigenvalue weighted by Crippen LogP contribution is 2.37. The second-order valence-electron chi connectivity index (χ2n) is 7.15. The number of aryl methyl sites for hydroxylation is 1. The molecule has 2 heterocycles. The molecule has 0 bridgehead atoms. The van der Waals surface area contributed by atoms with Crippen LogP contribution < -0.4 is 21.3 Å². The number of methoxy groups -OCH3 is 1. The van der Waals surface area contributed by atoms with Crippen molar-refractivity contribution in [2.24, 2.45) is 5.10 Å². The van der Waals surface area contributed by atoms with Gasteiger partial charge < -0.3 is 15.9 Å².